The number of nitrogens with two attached hydrogens (primary N) is 1. The summed E-state index contributed by atoms with van der Waals surface area (Å²) in [7, 11) is 3.05. The molecule has 1 aromatic rings. The maximum Gasteiger partial charge on any atom is 0.163 e. The zero-order valence-corrected chi connectivity index (χ0v) is 20.9. The minimum atomic E-state index is -0.312. The number of methoxy groups -OCH3 is 2. The molecule has 0 radical (unpaired) electrons. The lowest BCUT2D eigenvalue weighted by Crippen LogP contribution is -2.11. The van der Waals surface area contributed by atoms with E-state index >= 15 is 0 Å². The van der Waals surface area contributed by atoms with Gasteiger partial charge in [0.1, 0.15) is 13.2 Å². The van der Waals surface area contributed by atoms with E-state index in [2.05, 4.69) is 11.4 Å². The molecule has 0 atom stereocenters. The molecule has 8 nitrogen and oxygen atoms in total. The molecular formula is C26H33ClN2O6. The Balaban J connectivity index is 2.64. The van der Waals surface area contributed by atoms with Gasteiger partial charge < -0.3 is 24.7 Å². The first-order valence-electron chi connectivity index (χ1n) is 10.9. The van der Waals surface area contributed by atoms with Gasteiger partial charge in [-0.2, -0.15) is 0 Å². The average Bonchev–Trinajstić information content (AvgIpc) is 2.86. The molecule has 1 rings (SSSR count). The fraction of sp³-hybridized carbons (Fsp3) is 0.308. The summed E-state index contributed by atoms with van der Waals surface area (Å²) in [4.78, 5) is 26.8. The molecule has 0 unspecified atom stereocenters. The van der Waals surface area contributed by atoms with Crippen LogP contribution in [0.5, 0.6) is 11.5 Å². The Labute approximate surface area is 211 Å². The summed E-state index contributed by atoms with van der Waals surface area (Å²) in [5.41, 5.74) is 6.19. The number of ether oxygens (including phenoxy) is 4. The maximum atomic E-state index is 12.2. The second-order valence-electron chi connectivity index (χ2n) is 6.90. The summed E-state index contributed by atoms with van der Waals surface area (Å²) in [6.45, 7) is 5.21. The second kappa shape index (κ2) is 18.1. The van der Waals surface area contributed by atoms with Gasteiger partial charge in [-0.3, -0.25) is 9.59 Å². The van der Waals surface area contributed by atoms with Crippen molar-refractivity contribution in [2.75, 3.05) is 40.5 Å². The highest BCUT2D eigenvalue weighted by Gasteiger charge is 2.07. The third kappa shape index (κ3) is 12.1. The van der Waals surface area contributed by atoms with Gasteiger partial charge in [-0.25, -0.2) is 4.84 Å². The third-order valence-corrected chi connectivity index (χ3v) is 4.49. The molecule has 0 saturated heterocycles. The van der Waals surface area contributed by atoms with E-state index < -0.39 is 0 Å². The van der Waals surface area contributed by atoms with E-state index in [-0.39, 0.29) is 18.0 Å². The van der Waals surface area contributed by atoms with Crippen LogP contribution >= 0.6 is 11.8 Å². The highest BCUT2D eigenvalue weighted by atomic mass is 35.5. The summed E-state index contributed by atoms with van der Waals surface area (Å²) in [6, 6.07) is 5.26. The van der Waals surface area contributed by atoms with Crippen molar-refractivity contribution < 1.29 is 28.5 Å². The molecule has 0 bridgehead atoms. The van der Waals surface area contributed by atoms with E-state index in [4.69, 9.17) is 36.5 Å². The SMILES string of the molecule is C=C/C=C(OCCNCl)\C(=C/C/C=C/C(=O)CC(=O)/C=C/c1ccc(OCCN)c(OC)c1)OC. The van der Waals surface area contributed by atoms with Crippen molar-refractivity contribution in [2.24, 2.45) is 5.73 Å². The molecule has 0 fully saturated rings. The molecule has 1 aromatic carbocycles. The van der Waals surface area contributed by atoms with Crippen LogP contribution < -0.4 is 20.0 Å². The Hall–Kier alpha value is -3.33. The van der Waals surface area contributed by atoms with Gasteiger partial charge in [0.2, 0.25) is 0 Å². The zero-order chi connectivity index (χ0) is 25.9. The smallest absolute Gasteiger partial charge is 0.163 e. The largest absolute Gasteiger partial charge is 0.493 e. The van der Waals surface area contributed by atoms with Gasteiger partial charge in [-0.15, -0.1) is 0 Å². The normalized spacial score (nSPS) is 12.1. The highest BCUT2D eigenvalue weighted by molar-refractivity contribution is 6.13. The zero-order valence-electron chi connectivity index (χ0n) is 20.1. The quantitative estimate of drug-likeness (QED) is 0.0774. The summed E-state index contributed by atoms with van der Waals surface area (Å²) < 4.78 is 21.7. The fourth-order valence-electron chi connectivity index (χ4n) is 2.72. The van der Waals surface area contributed by atoms with E-state index in [1.54, 1.807) is 48.6 Å². The van der Waals surface area contributed by atoms with Crippen molar-refractivity contribution in [2.45, 2.75) is 12.8 Å². The number of rotatable bonds is 18. The number of hydrogen-bond acceptors (Lipinski definition) is 8. The molecule has 0 aliphatic rings. The van der Waals surface area contributed by atoms with Crippen molar-refractivity contribution in [1.29, 1.82) is 0 Å². The Kier molecular flexibility index (Phi) is 15.3. The molecule has 190 valence electrons. The molecule has 0 aliphatic heterocycles. The lowest BCUT2D eigenvalue weighted by molar-refractivity contribution is -0.121. The summed E-state index contributed by atoms with van der Waals surface area (Å²) in [6.07, 6.45) is 11.2. The number of ketones is 2. The van der Waals surface area contributed by atoms with Crippen LogP contribution in [0.15, 0.2) is 72.8 Å². The number of allylic oxidation sites excluding steroid dienone is 6. The van der Waals surface area contributed by atoms with Crippen LogP contribution in [0, 0.1) is 0 Å². The fourth-order valence-corrected chi connectivity index (χ4v) is 2.80. The minimum absolute atomic E-state index is 0.237. The Morgan fingerprint density at radius 3 is 2.54 bits per heavy atom. The van der Waals surface area contributed by atoms with Gasteiger partial charge in [0.15, 0.2) is 34.6 Å². The van der Waals surface area contributed by atoms with E-state index in [0.29, 0.717) is 55.7 Å². The maximum absolute atomic E-state index is 12.2. The van der Waals surface area contributed by atoms with Crippen LogP contribution in [0.1, 0.15) is 18.4 Å². The molecule has 0 saturated carbocycles. The lowest BCUT2D eigenvalue weighted by Gasteiger charge is -2.12. The molecule has 0 spiro atoms. The number of hydrogen-bond donors (Lipinski definition) is 2. The second-order valence-corrected chi connectivity index (χ2v) is 7.17. The highest BCUT2D eigenvalue weighted by Crippen LogP contribution is 2.28. The first-order chi connectivity index (χ1) is 17.0. The van der Waals surface area contributed by atoms with Gasteiger partial charge in [-0.05, 0) is 60.2 Å². The molecule has 3 N–H and O–H groups in total. The number of nitrogens with one attached hydrogen (secondary N) is 1. The lowest BCUT2D eigenvalue weighted by atomic mass is 10.1. The van der Waals surface area contributed by atoms with Crippen molar-refractivity contribution >= 4 is 29.4 Å². The Morgan fingerprint density at radius 2 is 1.89 bits per heavy atom. The summed E-state index contributed by atoms with van der Waals surface area (Å²) >= 11 is 5.43. The Morgan fingerprint density at radius 1 is 1.11 bits per heavy atom. The van der Waals surface area contributed by atoms with Gasteiger partial charge in [0.05, 0.1) is 20.6 Å². The van der Waals surface area contributed by atoms with Gasteiger partial charge in [0, 0.05) is 13.1 Å². The number of halogens is 1. The van der Waals surface area contributed by atoms with Crippen molar-refractivity contribution in [3.8, 4) is 11.5 Å². The molecule has 35 heavy (non-hydrogen) atoms. The standard InChI is InChI=1S/C26H33ClN2O6/c1-4-7-24(35-17-15-29-27)23(32-2)9-6-5-8-21(30)19-22(31)12-10-20-11-13-25(34-16-14-28)26(18-20)33-3/h4-5,7-13,18,29H,1,6,14-17,19,28H2,2-3H3/b8-5+,12-10+,23-9+,24-7+. The Bertz CT molecular complexity index is 953. The molecule has 9 heteroatoms. The average molecular weight is 505 g/mol. The van der Waals surface area contributed by atoms with Crippen LogP contribution in [0.3, 0.4) is 0 Å². The van der Waals surface area contributed by atoms with Crippen molar-refractivity contribution in [3.63, 3.8) is 0 Å². The van der Waals surface area contributed by atoms with Gasteiger partial charge in [0.25, 0.3) is 0 Å². The van der Waals surface area contributed by atoms with E-state index in [1.165, 1.54) is 26.4 Å². The number of benzene rings is 1. The van der Waals surface area contributed by atoms with Crippen LogP contribution in [0.25, 0.3) is 6.08 Å². The molecule has 0 aromatic heterocycles. The predicted molar refractivity (Wildman–Crippen MR) is 138 cm³/mol. The number of carbonyl (C=O) groups excluding carboxylic acids is 2. The molecular weight excluding hydrogens is 472 g/mol. The van der Waals surface area contributed by atoms with Crippen LogP contribution in [-0.4, -0.2) is 52.1 Å². The number of carbonyl (C=O) groups is 2. The van der Waals surface area contributed by atoms with Crippen molar-refractivity contribution in [3.05, 3.63) is 78.3 Å². The molecule has 0 amide bonds. The topological polar surface area (TPSA) is 109 Å². The van der Waals surface area contributed by atoms with Crippen LogP contribution in [0.4, 0.5) is 0 Å². The first kappa shape index (κ1) is 29.7. The molecule has 0 heterocycles. The van der Waals surface area contributed by atoms with Crippen LogP contribution in [-0.2, 0) is 19.1 Å². The van der Waals surface area contributed by atoms with E-state index in [0.717, 1.165) is 5.56 Å². The molecule has 0 aliphatic carbocycles. The predicted octanol–water partition coefficient (Wildman–Crippen LogP) is 3.88. The van der Waals surface area contributed by atoms with E-state index in [1.807, 2.05) is 0 Å². The third-order valence-electron chi connectivity index (χ3n) is 4.30. The summed E-state index contributed by atoms with van der Waals surface area (Å²) in [5, 5.41) is 0. The van der Waals surface area contributed by atoms with Crippen LogP contribution in [0.2, 0.25) is 0 Å². The monoisotopic (exact) mass is 504 g/mol. The van der Waals surface area contributed by atoms with Crippen molar-refractivity contribution in [1.82, 2.24) is 4.84 Å². The summed E-state index contributed by atoms with van der Waals surface area (Å²) in [5.74, 6) is 1.46. The first-order valence-corrected chi connectivity index (χ1v) is 11.3. The van der Waals surface area contributed by atoms with Gasteiger partial charge in [-0.1, -0.05) is 30.9 Å². The van der Waals surface area contributed by atoms with Gasteiger partial charge >= 0.3 is 0 Å². The minimum Gasteiger partial charge on any atom is -0.493 e. The van der Waals surface area contributed by atoms with E-state index in [9.17, 15) is 9.59 Å².